The molecular formula is C10H11N3O4. The number of barbiturate groups is 1. The Balaban J connectivity index is 2.25. The lowest BCUT2D eigenvalue weighted by Crippen LogP contribution is -2.61. The predicted molar refractivity (Wildman–Crippen MR) is 54.4 cm³/mol. The minimum atomic E-state index is -1.26. The number of aromatic nitrogens is 1. The van der Waals surface area contributed by atoms with E-state index in [1.807, 2.05) is 0 Å². The van der Waals surface area contributed by atoms with E-state index in [1.54, 1.807) is 6.07 Å². The number of carbonyl (C=O) groups excluding carboxylic acids is 3. The molecule has 0 radical (unpaired) electrons. The van der Waals surface area contributed by atoms with Gasteiger partial charge in [0.25, 0.3) is 0 Å². The quantitative estimate of drug-likeness (QED) is 0.746. The van der Waals surface area contributed by atoms with Gasteiger partial charge in [-0.1, -0.05) is 5.16 Å². The minimum Gasteiger partial charge on any atom is -0.359 e. The highest BCUT2D eigenvalue weighted by Crippen LogP contribution is 2.24. The van der Waals surface area contributed by atoms with Crippen LogP contribution in [0.4, 0.5) is 4.79 Å². The van der Waals surface area contributed by atoms with Crippen molar-refractivity contribution in [3.8, 4) is 0 Å². The van der Waals surface area contributed by atoms with Gasteiger partial charge in [0.05, 0.1) is 12.7 Å². The highest BCUT2D eigenvalue weighted by atomic mass is 16.5. The zero-order chi connectivity index (χ0) is 12.6. The van der Waals surface area contributed by atoms with E-state index in [4.69, 9.17) is 4.52 Å². The molecule has 7 nitrogen and oxygen atoms in total. The van der Waals surface area contributed by atoms with Crippen molar-refractivity contribution in [1.29, 1.82) is 0 Å². The van der Waals surface area contributed by atoms with Crippen LogP contribution in [0.25, 0.3) is 0 Å². The summed E-state index contributed by atoms with van der Waals surface area (Å²) in [5.41, 5.74) is -1.26. The second-order valence-electron chi connectivity index (χ2n) is 4.25. The second kappa shape index (κ2) is 3.69. The molecule has 0 aliphatic carbocycles. The van der Waals surface area contributed by atoms with E-state index >= 15 is 0 Å². The number of hydrogen-bond acceptors (Lipinski definition) is 5. The first-order valence-corrected chi connectivity index (χ1v) is 5.00. The van der Waals surface area contributed by atoms with Gasteiger partial charge in [0.1, 0.15) is 5.41 Å². The Morgan fingerprint density at radius 3 is 2.71 bits per heavy atom. The van der Waals surface area contributed by atoms with Crippen molar-refractivity contribution in [3.63, 3.8) is 0 Å². The maximum atomic E-state index is 12.0. The smallest absolute Gasteiger partial charge is 0.331 e. The maximum absolute atomic E-state index is 12.0. The molecule has 1 aliphatic heterocycles. The molecule has 1 aromatic rings. The molecule has 4 amide bonds. The lowest BCUT2D eigenvalue weighted by molar-refractivity contribution is -0.149. The Morgan fingerprint density at radius 2 is 2.12 bits per heavy atom. The molecule has 0 saturated carbocycles. The first kappa shape index (κ1) is 11.3. The number of urea groups is 1. The fraction of sp³-hybridized carbons (Fsp3) is 0.400. The van der Waals surface area contributed by atoms with Crippen LogP contribution in [0.5, 0.6) is 0 Å². The average molecular weight is 237 g/mol. The van der Waals surface area contributed by atoms with E-state index in [-0.39, 0.29) is 6.54 Å². The maximum Gasteiger partial charge on any atom is 0.331 e. The molecule has 0 unspecified atom stereocenters. The Morgan fingerprint density at radius 1 is 1.41 bits per heavy atom. The molecule has 0 spiro atoms. The van der Waals surface area contributed by atoms with E-state index < -0.39 is 23.3 Å². The molecule has 2 heterocycles. The van der Waals surface area contributed by atoms with E-state index in [2.05, 4.69) is 10.5 Å². The minimum absolute atomic E-state index is 0.0403. The van der Waals surface area contributed by atoms with Gasteiger partial charge >= 0.3 is 6.03 Å². The van der Waals surface area contributed by atoms with Crippen LogP contribution in [-0.4, -0.2) is 27.9 Å². The van der Waals surface area contributed by atoms with Gasteiger partial charge in [-0.3, -0.25) is 19.8 Å². The molecule has 0 aromatic carbocycles. The summed E-state index contributed by atoms with van der Waals surface area (Å²) in [4.78, 5) is 35.9. The number of carbonyl (C=O) groups is 3. The number of rotatable bonds is 2. The third kappa shape index (κ3) is 1.79. The fourth-order valence-electron chi connectivity index (χ4n) is 1.47. The topological polar surface area (TPSA) is 92.5 Å². The van der Waals surface area contributed by atoms with Crippen LogP contribution in [0.3, 0.4) is 0 Å². The first-order valence-electron chi connectivity index (χ1n) is 5.00. The molecule has 0 bridgehead atoms. The summed E-state index contributed by atoms with van der Waals surface area (Å²) in [7, 11) is 0. The summed E-state index contributed by atoms with van der Waals surface area (Å²) in [6.07, 6.45) is 1.41. The highest BCUT2D eigenvalue weighted by molar-refractivity contribution is 6.18. The molecule has 1 aromatic heterocycles. The summed E-state index contributed by atoms with van der Waals surface area (Å²) in [6, 6.07) is 0.806. The summed E-state index contributed by atoms with van der Waals surface area (Å²) in [6.45, 7) is 2.89. The van der Waals surface area contributed by atoms with Gasteiger partial charge < -0.3 is 4.52 Å². The Kier molecular flexibility index (Phi) is 2.45. The summed E-state index contributed by atoms with van der Waals surface area (Å²) in [5.74, 6) is -0.775. The van der Waals surface area contributed by atoms with Crippen LogP contribution in [0.2, 0.25) is 0 Å². The Hall–Kier alpha value is -2.18. The fourth-order valence-corrected chi connectivity index (χ4v) is 1.47. The third-order valence-corrected chi connectivity index (χ3v) is 2.62. The standard InChI is InChI=1S/C10H11N3O4/c1-10(2)7(14)12-9(16)13(8(10)15)5-6-3-4-11-17-6/h3-4H,5H2,1-2H3,(H,12,14,16). The van der Waals surface area contributed by atoms with Gasteiger partial charge in [-0.25, -0.2) is 4.79 Å². The number of hydrogen-bond donors (Lipinski definition) is 1. The molecule has 1 aliphatic rings. The highest BCUT2D eigenvalue weighted by Gasteiger charge is 2.47. The molecular weight excluding hydrogens is 226 g/mol. The van der Waals surface area contributed by atoms with E-state index in [0.29, 0.717) is 5.76 Å². The van der Waals surface area contributed by atoms with Crippen LogP contribution >= 0.6 is 0 Å². The normalized spacial score (nSPS) is 19.4. The van der Waals surface area contributed by atoms with Crippen LogP contribution in [0.15, 0.2) is 16.8 Å². The summed E-state index contributed by atoms with van der Waals surface area (Å²) >= 11 is 0. The summed E-state index contributed by atoms with van der Waals surface area (Å²) in [5, 5.41) is 5.61. The second-order valence-corrected chi connectivity index (χ2v) is 4.25. The number of amides is 4. The Labute approximate surface area is 96.7 Å². The van der Waals surface area contributed by atoms with Gasteiger partial charge in [0, 0.05) is 6.07 Å². The van der Waals surface area contributed by atoms with Crippen LogP contribution in [0, 0.1) is 5.41 Å². The van der Waals surface area contributed by atoms with Crippen molar-refractivity contribution < 1.29 is 18.9 Å². The third-order valence-electron chi connectivity index (χ3n) is 2.62. The van der Waals surface area contributed by atoms with Crippen LogP contribution < -0.4 is 5.32 Å². The van der Waals surface area contributed by atoms with Gasteiger partial charge in [-0.15, -0.1) is 0 Å². The van der Waals surface area contributed by atoms with Gasteiger partial charge in [0.15, 0.2) is 5.76 Å². The van der Waals surface area contributed by atoms with Crippen LogP contribution in [0.1, 0.15) is 19.6 Å². The predicted octanol–water partition coefficient (Wildman–Crippen LogP) is 0.279. The zero-order valence-corrected chi connectivity index (χ0v) is 9.39. The molecule has 17 heavy (non-hydrogen) atoms. The van der Waals surface area contributed by atoms with Crippen molar-refractivity contribution >= 4 is 17.8 Å². The number of nitrogens with one attached hydrogen (secondary N) is 1. The lowest BCUT2D eigenvalue weighted by atomic mass is 9.89. The molecule has 7 heteroatoms. The van der Waals surface area contributed by atoms with Crippen molar-refractivity contribution in [1.82, 2.24) is 15.4 Å². The van der Waals surface area contributed by atoms with Gasteiger partial charge in [-0.2, -0.15) is 0 Å². The number of imide groups is 2. The lowest BCUT2D eigenvalue weighted by Gasteiger charge is -2.33. The van der Waals surface area contributed by atoms with Crippen LogP contribution in [-0.2, 0) is 16.1 Å². The first-order chi connectivity index (χ1) is 7.93. The Bertz CT molecular complexity index is 478. The largest absolute Gasteiger partial charge is 0.359 e. The van der Waals surface area contributed by atoms with E-state index in [1.165, 1.54) is 20.0 Å². The zero-order valence-electron chi connectivity index (χ0n) is 9.39. The number of nitrogens with zero attached hydrogens (tertiary/aromatic N) is 2. The van der Waals surface area contributed by atoms with Crippen molar-refractivity contribution in [3.05, 3.63) is 18.0 Å². The van der Waals surface area contributed by atoms with E-state index in [9.17, 15) is 14.4 Å². The van der Waals surface area contributed by atoms with Gasteiger partial charge in [-0.05, 0) is 13.8 Å². The van der Waals surface area contributed by atoms with Crippen molar-refractivity contribution in [2.75, 3.05) is 0 Å². The monoisotopic (exact) mass is 237 g/mol. The molecule has 1 saturated heterocycles. The average Bonchev–Trinajstić information content (AvgIpc) is 2.75. The SMILES string of the molecule is CC1(C)C(=O)NC(=O)N(Cc2ccno2)C1=O. The van der Waals surface area contributed by atoms with Crippen molar-refractivity contribution in [2.45, 2.75) is 20.4 Å². The van der Waals surface area contributed by atoms with E-state index in [0.717, 1.165) is 4.90 Å². The molecule has 2 rings (SSSR count). The van der Waals surface area contributed by atoms with Gasteiger partial charge in [0.2, 0.25) is 11.8 Å². The summed E-state index contributed by atoms with van der Waals surface area (Å²) < 4.78 is 4.82. The molecule has 1 fully saturated rings. The molecule has 1 N–H and O–H groups in total. The van der Waals surface area contributed by atoms with Crippen molar-refractivity contribution in [2.24, 2.45) is 5.41 Å². The molecule has 90 valence electrons. The molecule has 0 atom stereocenters.